The van der Waals surface area contributed by atoms with E-state index < -0.39 is 24.2 Å². The van der Waals surface area contributed by atoms with E-state index in [1.165, 1.54) is 7.05 Å². The first-order valence-corrected chi connectivity index (χ1v) is 6.31. The van der Waals surface area contributed by atoms with Crippen molar-refractivity contribution < 1.29 is 22.7 Å². The van der Waals surface area contributed by atoms with E-state index in [-0.39, 0.29) is 6.54 Å². The second-order valence-corrected chi connectivity index (χ2v) is 5.11. The first-order chi connectivity index (χ1) is 9.50. The number of nitrogens with zero attached hydrogens (tertiary/aromatic N) is 2. The minimum Gasteiger partial charge on any atom is -0.377 e. The molecule has 0 aliphatic rings. The van der Waals surface area contributed by atoms with Gasteiger partial charge in [0, 0.05) is 27.7 Å². The lowest BCUT2D eigenvalue weighted by molar-refractivity contribution is -0.157. The quantitative estimate of drug-likeness (QED) is 0.557. The van der Waals surface area contributed by atoms with E-state index >= 15 is 0 Å². The molecule has 0 unspecified atom stereocenters. The molecule has 0 saturated carbocycles. The fourth-order valence-electron chi connectivity index (χ4n) is 1.24. The number of alkyl halides is 3. The van der Waals surface area contributed by atoms with E-state index in [2.05, 4.69) is 15.6 Å². The van der Waals surface area contributed by atoms with E-state index in [1.807, 2.05) is 13.8 Å². The highest BCUT2D eigenvalue weighted by Crippen LogP contribution is 2.15. The number of carbonyl (C=O) groups excluding carboxylic acids is 1. The van der Waals surface area contributed by atoms with Crippen molar-refractivity contribution in [3.05, 3.63) is 0 Å². The number of carbonyl (C=O) groups is 1. The summed E-state index contributed by atoms with van der Waals surface area (Å²) in [6.07, 6.45) is -4.41. The van der Waals surface area contributed by atoms with Gasteiger partial charge in [-0.05, 0) is 13.8 Å². The summed E-state index contributed by atoms with van der Waals surface area (Å²) in [5.74, 6) is -0.366. The van der Waals surface area contributed by atoms with Crippen molar-refractivity contribution in [2.45, 2.75) is 25.6 Å². The summed E-state index contributed by atoms with van der Waals surface area (Å²) in [6.45, 7) is 2.58. The summed E-state index contributed by atoms with van der Waals surface area (Å²) < 4.78 is 41.7. The number of aliphatic imine (C=N–C) groups is 1. The Morgan fingerprint density at radius 3 is 2.29 bits per heavy atom. The van der Waals surface area contributed by atoms with Crippen LogP contribution in [-0.2, 0) is 9.53 Å². The largest absolute Gasteiger partial charge is 0.406 e. The molecule has 0 saturated heterocycles. The molecule has 1 amide bonds. The third-order valence-electron chi connectivity index (χ3n) is 2.71. The van der Waals surface area contributed by atoms with Gasteiger partial charge in [-0.2, -0.15) is 13.2 Å². The highest BCUT2D eigenvalue weighted by atomic mass is 19.4. The zero-order valence-corrected chi connectivity index (χ0v) is 13.0. The molecule has 0 radical (unpaired) electrons. The molecule has 0 aromatic carbocycles. The predicted molar refractivity (Wildman–Crippen MR) is 74.1 cm³/mol. The molecule has 0 aliphatic heterocycles. The van der Waals surface area contributed by atoms with Crippen molar-refractivity contribution in [3.63, 3.8) is 0 Å². The first-order valence-electron chi connectivity index (χ1n) is 6.31. The fourth-order valence-corrected chi connectivity index (χ4v) is 1.24. The number of hydrogen-bond acceptors (Lipinski definition) is 3. The van der Waals surface area contributed by atoms with Gasteiger partial charge < -0.3 is 20.3 Å². The van der Waals surface area contributed by atoms with Crippen LogP contribution in [0.15, 0.2) is 4.99 Å². The predicted octanol–water partition coefficient (Wildman–Crippen LogP) is 0.597. The Bertz CT molecular complexity index is 370. The summed E-state index contributed by atoms with van der Waals surface area (Å²) in [4.78, 5) is 16.0. The minimum atomic E-state index is -4.41. The number of amides is 1. The average molecular weight is 312 g/mol. The zero-order chi connectivity index (χ0) is 16.7. The Hall–Kier alpha value is -1.51. The van der Waals surface area contributed by atoms with Crippen LogP contribution in [0.4, 0.5) is 13.2 Å². The number of ether oxygens (including phenoxy) is 1. The van der Waals surface area contributed by atoms with E-state index in [0.717, 1.165) is 7.05 Å². The maximum Gasteiger partial charge on any atom is 0.406 e. The normalized spacial score (nSPS) is 13.0. The first kappa shape index (κ1) is 19.5. The smallest absolute Gasteiger partial charge is 0.377 e. The van der Waals surface area contributed by atoms with Crippen LogP contribution in [0.2, 0.25) is 0 Å². The van der Waals surface area contributed by atoms with Crippen LogP contribution in [0.5, 0.6) is 0 Å². The van der Waals surface area contributed by atoms with Gasteiger partial charge in [0.15, 0.2) is 5.96 Å². The standard InChI is InChI=1S/C12H23F3N4O2/c1-11(2,21-5)7-18-10(16-3)17-6-9(20)19(4)8-12(13,14)15/h6-8H2,1-5H3,(H2,16,17,18). The highest BCUT2D eigenvalue weighted by Gasteiger charge is 2.31. The topological polar surface area (TPSA) is 66.0 Å². The van der Waals surface area contributed by atoms with Gasteiger partial charge in [-0.15, -0.1) is 0 Å². The molecule has 0 spiro atoms. The molecule has 0 heterocycles. The minimum absolute atomic E-state index is 0.278. The van der Waals surface area contributed by atoms with Crippen LogP contribution >= 0.6 is 0 Å². The maximum atomic E-state index is 12.2. The van der Waals surface area contributed by atoms with Gasteiger partial charge >= 0.3 is 6.18 Å². The molecule has 0 aromatic heterocycles. The lowest BCUT2D eigenvalue weighted by Crippen LogP contribution is -2.48. The molecule has 21 heavy (non-hydrogen) atoms. The Morgan fingerprint density at radius 2 is 1.86 bits per heavy atom. The molecule has 0 bridgehead atoms. The fraction of sp³-hybridized carbons (Fsp3) is 0.833. The number of likely N-dealkylation sites (N-methyl/N-ethyl adjacent to an activating group) is 1. The van der Waals surface area contributed by atoms with Crippen LogP contribution in [-0.4, -0.2) is 69.4 Å². The lowest BCUT2D eigenvalue weighted by Gasteiger charge is -2.25. The van der Waals surface area contributed by atoms with Crippen molar-refractivity contribution >= 4 is 11.9 Å². The SMILES string of the molecule is CN=C(NCC(=O)N(C)CC(F)(F)F)NCC(C)(C)OC. The Morgan fingerprint density at radius 1 is 1.29 bits per heavy atom. The third-order valence-corrected chi connectivity index (χ3v) is 2.71. The second kappa shape index (κ2) is 8.06. The molecular formula is C12H23F3N4O2. The van der Waals surface area contributed by atoms with Gasteiger partial charge in [0.25, 0.3) is 0 Å². The molecule has 0 atom stereocenters. The van der Waals surface area contributed by atoms with Crippen LogP contribution in [0.1, 0.15) is 13.8 Å². The van der Waals surface area contributed by atoms with Crippen molar-refractivity contribution in [2.75, 3.05) is 40.8 Å². The number of halogens is 3. The van der Waals surface area contributed by atoms with Crippen molar-refractivity contribution in [3.8, 4) is 0 Å². The molecule has 9 heteroatoms. The van der Waals surface area contributed by atoms with Gasteiger partial charge in [0.1, 0.15) is 6.54 Å². The summed E-state index contributed by atoms with van der Waals surface area (Å²) in [7, 11) is 4.16. The number of methoxy groups -OCH3 is 1. The highest BCUT2D eigenvalue weighted by molar-refractivity contribution is 5.86. The van der Waals surface area contributed by atoms with Crippen LogP contribution in [0.25, 0.3) is 0 Å². The van der Waals surface area contributed by atoms with E-state index in [0.29, 0.717) is 17.4 Å². The van der Waals surface area contributed by atoms with Crippen LogP contribution in [0.3, 0.4) is 0 Å². The average Bonchev–Trinajstić information content (AvgIpc) is 2.36. The van der Waals surface area contributed by atoms with E-state index in [4.69, 9.17) is 4.74 Å². The molecule has 6 nitrogen and oxygen atoms in total. The molecule has 124 valence electrons. The van der Waals surface area contributed by atoms with Gasteiger partial charge in [0.2, 0.25) is 5.91 Å². The Balaban J connectivity index is 4.26. The number of hydrogen-bond donors (Lipinski definition) is 2. The van der Waals surface area contributed by atoms with Gasteiger partial charge in [0.05, 0.1) is 12.1 Å². The molecule has 0 rings (SSSR count). The summed E-state index contributed by atoms with van der Waals surface area (Å²) in [5, 5.41) is 5.58. The third kappa shape index (κ3) is 9.11. The molecule has 0 aromatic rings. The second-order valence-electron chi connectivity index (χ2n) is 5.11. The summed E-state index contributed by atoms with van der Waals surface area (Å²) in [6, 6.07) is 0. The van der Waals surface area contributed by atoms with Crippen molar-refractivity contribution in [1.82, 2.24) is 15.5 Å². The Kier molecular flexibility index (Phi) is 7.48. The van der Waals surface area contributed by atoms with Crippen LogP contribution < -0.4 is 10.6 Å². The van der Waals surface area contributed by atoms with Gasteiger partial charge in [-0.1, -0.05) is 0 Å². The Labute approximate surface area is 122 Å². The zero-order valence-electron chi connectivity index (χ0n) is 13.0. The molecule has 0 fully saturated rings. The van der Waals surface area contributed by atoms with Gasteiger partial charge in [-0.25, -0.2) is 0 Å². The van der Waals surface area contributed by atoms with Crippen LogP contribution in [0, 0.1) is 0 Å². The monoisotopic (exact) mass is 312 g/mol. The summed E-state index contributed by atoms with van der Waals surface area (Å²) in [5.41, 5.74) is -0.436. The molecule has 2 N–H and O–H groups in total. The van der Waals surface area contributed by atoms with E-state index in [9.17, 15) is 18.0 Å². The number of rotatable bonds is 6. The van der Waals surface area contributed by atoms with E-state index in [1.54, 1.807) is 7.11 Å². The molecule has 0 aliphatic carbocycles. The van der Waals surface area contributed by atoms with Gasteiger partial charge in [-0.3, -0.25) is 9.79 Å². The van der Waals surface area contributed by atoms with Crippen molar-refractivity contribution in [2.24, 2.45) is 4.99 Å². The maximum absolute atomic E-state index is 12.2. The number of guanidine groups is 1. The summed E-state index contributed by atoms with van der Waals surface area (Å²) >= 11 is 0. The number of nitrogens with one attached hydrogen (secondary N) is 2. The lowest BCUT2D eigenvalue weighted by atomic mass is 10.1. The molecular weight excluding hydrogens is 289 g/mol. The van der Waals surface area contributed by atoms with Crippen molar-refractivity contribution in [1.29, 1.82) is 0 Å².